The van der Waals surface area contributed by atoms with Crippen molar-refractivity contribution in [3.05, 3.63) is 90.9 Å². The summed E-state index contributed by atoms with van der Waals surface area (Å²) in [6.07, 6.45) is 3.43. The SMILES string of the molecule is C=CCn1c(=O)n(CC=C)c(=O)n(CC(=O)N2CCc3cc(-c4csc(C)n4)ccc32)c1=O. The van der Waals surface area contributed by atoms with Crippen LogP contribution in [0.5, 0.6) is 0 Å². The minimum atomic E-state index is -0.841. The smallest absolute Gasteiger partial charge is 0.310 e. The number of benzene rings is 1. The first kappa shape index (κ1) is 22.4. The maximum Gasteiger partial charge on any atom is 0.337 e. The molecule has 1 aromatic carbocycles. The van der Waals surface area contributed by atoms with E-state index < -0.39 is 29.5 Å². The van der Waals surface area contributed by atoms with Crippen molar-refractivity contribution in [2.45, 2.75) is 33.0 Å². The summed E-state index contributed by atoms with van der Waals surface area (Å²) in [6.45, 7) is 8.87. The minimum Gasteiger partial charge on any atom is -0.310 e. The third kappa shape index (κ3) is 4.05. The number of rotatable bonds is 7. The quantitative estimate of drug-likeness (QED) is 0.493. The number of allylic oxidation sites excluding steroid dienone is 2. The lowest BCUT2D eigenvalue weighted by Crippen LogP contribution is -2.55. The molecule has 1 aliphatic rings. The second-order valence-electron chi connectivity index (χ2n) is 7.62. The molecule has 9 nitrogen and oxygen atoms in total. The largest absolute Gasteiger partial charge is 0.337 e. The highest BCUT2D eigenvalue weighted by Gasteiger charge is 2.27. The number of hydrogen-bond donors (Lipinski definition) is 0. The highest BCUT2D eigenvalue weighted by molar-refractivity contribution is 7.09. The van der Waals surface area contributed by atoms with Crippen LogP contribution in [0.25, 0.3) is 11.3 Å². The number of aromatic nitrogens is 4. The van der Waals surface area contributed by atoms with Crippen molar-refractivity contribution in [2.75, 3.05) is 11.4 Å². The predicted molar refractivity (Wildman–Crippen MR) is 128 cm³/mol. The van der Waals surface area contributed by atoms with Gasteiger partial charge in [0.25, 0.3) is 0 Å². The van der Waals surface area contributed by atoms with E-state index in [1.165, 1.54) is 12.2 Å². The Morgan fingerprint density at radius 1 is 1.06 bits per heavy atom. The van der Waals surface area contributed by atoms with Gasteiger partial charge in [0.05, 0.1) is 23.8 Å². The van der Waals surface area contributed by atoms with Gasteiger partial charge in [0, 0.05) is 23.2 Å². The van der Waals surface area contributed by atoms with Crippen LogP contribution in [0.15, 0.2) is 63.3 Å². The van der Waals surface area contributed by atoms with E-state index in [2.05, 4.69) is 18.1 Å². The topological polar surface area (TPSA) is 99.2 Å². The van der Waals surface area contributed by atoms with Gasteiger partial charge in [0.1, 0.15) is 6.54 Å². The minimum absolute atomic E-state index is 0.0747. The fraction of sp³-hybridized carbons (Fsp3) is 0.261. The molecule has 0 saturated heterocycles. The van der Waals surface area contributed by atoms with Crippen LogP contribution in [0.4, 0.5) is 5.69 Å². The second-order valence-corrected chi connectivity index (χ2v) is 8.69. The highest BCUT2D eigenvalue weighted by atomic mass is 32.1. The number of nitrogens with zero attached hydrogens (tertiary/aromatic N) is 5. The number of aryl methyl sites for hydroxylation is 1. The van der Waals surface area contributed by atoms with Crippen LogP contribution < -0.4 is 22.0 Å². The molecule has 0 atom stereocenters. The normalized spacial score (nSPS) is 12.6. The van der Waals surface area contributed by atoms with E-state index in [1.54, 1.807) is 16.2 Å². The zero-order chi connectivity index (χ0) is 23.7. The lowest BCUT2D eigenvalue weighted by molar-refractivity contribution is -0.119. The Bertz CT molecular complexity index is 1390. The molecular weight excluding hydrogens is 442 g/mol. The van der Waals surface area contributed by atoms with E-state index in [0.717, 1.165) is 41.2 Å². The molecular formula is C23H23N5O4S. The number of thiazole rings is 1. The third-order valence-corrected chi connectivity index (χ3v) is 6.27. The van der Waals surface area contributed by atoms with Gasteiger partial charge in [-0.05, 0) is 31.0 Å². The van der Waals surface area contributed by atoms with Crippen LogP contribution in [-0.4, -0.2) is 31.1 Å². The first-order valence-corrected chi connectivity index (χ1v) is 11.3. The second kappa shape index (κ2) is 8.99. The molecule has 0 fully saturated rings. The summed E-state index contributed by atoms with van der Waals surface area (Å²) in [7, 11) is 0. The summed E-state index contributed by atoms with van der Waals surface area (Å²) in [4.78, 5) is 57.4. The van der Waals surface area contributed by atoms with E-state index in [-0.39, 0.29) is 13.1 Å². The van der Waals surface area contributed by atoms with Crippen molar-refractivity contribution in [1.82, 2.24) is 18.7 Å². The molecule has 0 unspecified atom stereocenters. The molecule has 1 aliphatic heterocycles. The van der Waals surface area contributed by atoms with Crippen molar-refractivity contribution < 1.29 is 4.79 Å². The molecule has 0 bridgehead atoms. The Hall–Kier alpha value is -3.79. The summed E-state index contributed by atoms with van der Waals surface area (Å²) in [5.74, 6) is -0.404. The Morgan fingerprint density at radius 3 is 2.27 bits per heavy atom. The summed E-state index contributed by atoms with van der Waals surface area (Å²) in [5.41, 5.74) is 1.18. The molecule has 33 heavy (non-hydrogen) atoms. The number of carbonyl (C=O) groups excluding carboxylic acids is 1. The van der Waals surface area contributed by atoms with Gasteiger partial charge in [-0.2, -0.15) is 0 Å². The number of amides is 1. The van der Waals surface area contributed by atoms with Gasteiger partial charge in [-0.15, -0.1) is 24.5 Å². The maximum atomic E-state index is 13.1. The summed E-state index contributed by atoms with van der Waals surface area (Å²) in [5, 5.41) is 2.97. The van der Waals surface area contributed by atoms with Crippen LogP contribution in [-0.2, 0) is 30.8 Å². The van der Waals surface area contributed by atoms with Crippen molar-refractivity contribution >= 4 is 22.9 Å². The van der Waals surface area contributed by atoms with E-state index in [0.29, 0.717) is 13.0 Å². The molecule has 1 amide bonds. The first-order valence-electron chi connectivity index (χ1n) is 10.4. The van der Waals surface area contributed by atoms with Gasteiger partial charge in [-0.3, -0.25) is 4.79 Å². The fourth-order valence-corrected chi connectivity index (χ4v) is 4.55. The standard InChI is InChI=1S/C23H23N5O4S/c1-4-9-26-21(30)27(10-5-2)23(32)28(22(26)31)13-20(29)25-11-8-17-12-16(6-7-19(17)25)18-14-33-15(3)24-18/h4-7,12,14H,1-2,8-11,13H2,3H3. The van der Waals surface area contributed by atoms with Gasteiger partial charge in [0.15, 0.2) is 0 Å². The average Bonchev–Trinajstić information content (AvgIpc) is 3.43. The summed E-state index contributed by atoms with van der Waals surface area (Å²) >= 11 is 1.58. The van der Waals surface area contributed by atoms with Gasteiger partial charge >= 0.3 is 17.1 Å². The molecule has 0 spiro atoms. The van der Waals surface area contributed by atoms with Crippen LogP contribution in [0.1, 0.15) is 10.6 Å². The molecule has 0 saturated carbocycles. The van der Waals surface area contributed by atoms with E-state index >= 15 is 0 Å². The van der Waals surface area contributed by atoms with E-state index in [1.807, 2.05) is 30.5 Å². The number of fused-ring (bicyclic) bond motifs is 1. The number of hydrogen-bond acceptors (Lipinski definition) is 6. The van der Waals surface area contributed by atoms with E-state index in [9.17, 15) is 19.2 Å². The number of carbonyl (C=O) groups is 1. The summed E-state index contributed by atoms with van der Waals surface area (Å²) < 4.78 is 2.55. The lowest BCUT2D eigenvalue weighted by Gasteiger charge is -2.19. The monoisotopic (exact) mass is 465 g/mol. The molecule has 10 heteroatoms. The van der Waals surface area contributed by atoms with Gasteiger partial charge in [-0.1, -0.05) is 18.2 Å². The lowest BCUT2D eigenvalue weighted by atomic mass is 10.1. The van der Waals surface area contributed by atoms with E-state index in [4.69, 9.17) is 0 Å². The molecule has 170 valence electrons. The van der Waals surface area contributed by atoms with Crippen LogP contribution in [0, 0.1) is 6.92 Å². The zero-order valence-corrected chi connectivity index (χ0v) is 19.0. The Balaban J connectivity index is 1.67. The Morgan fingerprint density at radius 2 is 1.70 bits per heavy atom. The zero-order valence-electron chi connectivity index (χ0n) is 18.2. The fourth-order valence-electron chi connectivity index (χ4n) is 3.93. The molecule has 3 heterocycles. The Kier molecular flexibility index (Phi) is 6.10. The van der Waals surface area contributed by atoms with Crippen molar-refractivity contribution in [1.29, 1.82) is 0 Å². The van der Waals surface area contributed by atoms with Gasteiger partial charge in [-0.25, -0.2) is 33.1 Å². The number of anilines is 1. The van der Waals surface area contributed by atoms with Crippen LogP contribution in [0.3, 0.4) is 0 Å². The third-order valence-electron chi connectivity index (χ3n) is 5.49. The van der Waals surface area contributed by atoms with Gasteiger partial charge in [0.2, 0.25) is 5.91 Å². The van der Waals surface area contributed by atoms with Crippen molar-refractivity contribution in [3.63, 3.8) is 0 Å². The molecule has 0 aliphatic carbocycles. The molecule has 2 aromatic heterocycles. The average molecular weight is 466 g/mol. The maximum absolute atomic E-state index is 13.1. The molecule has 0 radical (unpaired) electrons. The molecule has 3 aromatic rings. The molecule has 0 N–H and O–H groups in total. The predicted octanol–water partition coefficient (Wildman–Crippen LogP) is 1.56. The van der Waals surface area contributed by atoms with Crippen molar-refractivity contribution in [2.24, 2.45) is 0 Å². The molecule has 4 rings (SSSR count). The van der Waals surface area contributed by atoms with Crippen LogP contribution in [0.2, 0.25) is 0 Å². The van der Waals surface area contributed by atoms with Crippen molar-refractivity contribution in [3.8, 4) is 11.3 Å². The van der Waals surface area contributed by atoms with Gasteiger partial charge < -0.3 is 4.90 Å². The summed E-state index contributed by atoms with van der Waals surface area (Å²) in [6, 6.07) is 5.79. The Labute approximate surface area is 193 Å². The first-order chi connectivity index (χ1) is 15.8. The van der Waals surface area contributed by atoms with Crippen LogP contribution >= 0.6 is 11.3 Å². The highest BCUT2D eigenvalue weighted by Crippen LogP contribution is 2.32.